The lowest BCUT2D eigenvalue weighted by molar-refractivity contribution is -0.120. The molecule has 0 spiro atoms. The third-order valence-electron chi connectivity index (χ3n) is 3.88. The van der Waals surface area contributed by atoms with Crippen LogP contribution in [0.2, 0.25) is 0 Å². The monoisotopic (exact) mass is 390 g/mol. The zero-order valence-electron chi connectivity index (χ0n) is 15.9. The Morgan fingerprint density at radius 3 is 2.36 bits per heavy atom. The molecule has 2 aromatic carbocycles. The van der Waals surface area contributed by atoms with Crippen LogP contribution in [0.3, 0.4) is 0 Å². The molecule has 2 N–H and O–H groups in total. The van der Waals surface area contributed by atoms with Gasteiger partial charge in [-0.3, -0.25) is 9.79 Å². The molecule has 0 saturated carbocycles. The maximum atomic E-state index is 12.2. The Balaban J connectivity index is 1.79. The van der Waals surface area contributed by atoms with Crippen LogP contribution in [0, 0.1) is 0 Å². The van der Waals surface area contributed by atoms with E-state index >= 15 is 0 Å². The van der Waals surface area contributed by atoms with Gasteiger partial charge in [-0.05, 0) is 23.3 Å². The molecule has 0 unspecified atom stereocenters. The first kappa shape index (κ1) is 21.1. The van der Waals surface area contributed by atoms with Crippen LogP contribution in [0.25, 0.3) is 0 Å². The number of hydrogen-bond donors (Lipinski definition) is 2. The number of aliphatic imine (C=N–C) groups is 1. The summed E-state index contributed by atoms with van der Waals surface area (Å²) in [6.07, 6.45) is 0. The van der Waals surface area contributed by atoms with Crippen LogP contribution in [0.5, 0.6) is 5.75 Å². The second-order valence-electron chi connectivity index (χ2n) is 6.04. The Labute approximate surface area is 163 Å². The van der Waals surface area contributed by atoms with Gasteiger partial charge in [-0.25, -0.2) is 0 Å². The first-order valence-corrected chi connectivity index (χ1v) is 8.74. The summed E-state index contributed by atoms with van der Waals surface area (Å²) in [4.78, 5) is 18.0. The molecule has 150 valence electrons. The summed E-state index contributed by atoms with van der Waals surface area (Å²) in [6, 6.07) is 16.0. The average Bonchev–Trinajstić information content (AvgIpc) is 2.69. The zero-order valence-corrected chi connectivity index (χ0v) is 15.9. The minimum Gasteiger partial charge on any atom is -0.435 e. The van der Waals surface area contributed by atoms with E-state index < -0.39 is 6.61 Å². The number of nitrogens with one attached hydrogen (secondary N) is 2. The standard InChI is InChI=1S/C20H24F2N4O2/c1-23-20(25-13-18(27)24-12-15-6-4-3-5-7-15)26(2)14-16-8-10-17(11-9-16)28-19(21)22/h3-11,19H,12-14H2,1-2H3,(H,23,25)(H,24,27). The summed E-state index contributed by atoms with van der Waals surface area (Å²) in [6.45, 7) is -1.81. The molecule has 0 aliphatic heterocycles. The molecule has 0 aliphatic carbocycles. The van der Waals surface area contributed by atoms with E-state index in [9.17, 15) is 13.6 Å². The summed E-state index contributed by atoms with van der Waals surface area (Å²) in [5, 5.41) is 5.84. The lowest BCUT2D eigenvalue weighted by Crippen LogP contribution is -2.43. The van der Waals surface area contributed by atoms with Gasteiger partial charge in [0.2, 0.25) is 5.91 Å². The van der Waals surface area contributed by atoms with E-state index in [0.717, 1.165) is 11.1 Å². The fraction of sp³-hybridized carbons (Fsp3) is 0.300. The quantitative estimate of drug-likeness (QED) is 0.537. The third-order valence-corrected chi connectivity index (χ3v) is 3.88. The number of amides is 1. The van der Waals surface area contributed by atoms with Crippen molar-refractivity contribution in [1.82, 2.24) is 15.5 Å². The zero-order chi connectivity index (χ0) is 20.4. The molecule has 0 fully saturated rings. The Hall–Kier alpha value is -3.16. The van der Waals surface area contributed by atoms with Crippen LogP contribution < -0.4 is 15.4 Å². The highest BCUT2D eigenvalue weighted by molar-refractivity contribution is 5.86. The van der Waals surface area contributed by atoms with Gasteiger partial charge in [0.1, 0.15) is 5.75 Å². The molecular weight excluding hydrogens is 366 g/mol. The maximum Gasteiger partial charge on any atom is 0.387 e. The van der Waals surface area contributed by atoms with Gasteiger partial charge in [-0.1, -0.05) is 42.5 Å². The molecule has 2 aromatic rings. The fourth-order valence-electron chi connectivity index (χ4n) is 2.53. The molecule has 0 atom stereocenters. The van der Waals surface area contributed by atoms with Crippen molar-refractivity contribution in [1.29, 1.82) is 0 Å². The van der Waals surface area contributed by atoms with Crippen molar-refractivity contribution < 1.29 is 18.3 Å². The predicted octanol–water partition coefficient (Wildman–Crippen LogP) is 2.61. The van der Waals surface area contributed by atoms with Crippen LogP contribution in [0.4, 0.5) is 8.78 Å². The van der Waals surface area contributed by atoms with Gasteiger partial charge in [-0.2, -0.15) is 8.78 Å². The second kappa shape index (κ2) is 10.9. The normalized spacial score (nSPS) is 11.2. The van der Waals surface area contributed by atoms with Crippen LogP contribution in [-0.2, 0) is 17.9 Å². The highest BCUT2D eigenvalue weighted by atomic mass is 19.3. The van der Waals surface area contributed by atoms with Crippen molar-refractivity contribution in [2.75, 3.05) is 20.6 Å². The van der Waals surface area contributed by atoms with Crippen LogP contribution in [-0.4, -0.2) is 44.0 Å². The van der Waals surface area contributed by atoms with Gasteiger partial charge in [0.25, 0.3) is 0 Å². The van der Waals surface area contributed by atoms with Gasteiger partial charge >= 0.3 is 6.61 Å². The molecule has 28 heavy (non-hydrogen) atoms. The van der Waals surface area contributed by atoms with E-state index in [4.69, 9.17) is 0 Å². The van der Waals surface area contributed by atoms with Crippen LogP contribution in [0.1, 0.15) is 11.1 Å². The number of nitrogens with zero attached hydrogens (tertiary/aromatic N) is 2. The Kier molecular flexibility index (Phi) is 8.20. The van der Waals surface area contributed by atoms with Crippen LogP contribution in [0.15, 0.2) is 59.6 Å². The van der Waals surface area contributed by atoms with Crippen molar-refractivity contribution in [3.8, 4) is 5.75 Å². The molecule has 2 rings (SSSR count). The molecule has 0 aliphatic rings. The topological polar surface area (TPSA) is 66.0 Å². The summed E-state index contributed by atoms with van der Waals surface area (Å²) in [7, 11) is 3.45. The number of benzene rings is 2. The van der Waals surface area contributed by atoms with E-state index in [0.29, 0.717) is 19.0 Å². The average molecular weight is 390 g/mol. The third kappa shape index (κ3) is 7.22. The van der Waals surface area contributed by atoms with Gasteiger partial charge < -0.3 is 20.3 Å². The molecule has 0 saturated heterocycles. The molecular formula is C20H24F2N4O2. The maximum absolute atomic E-state index is 12.2. The predicted molar refractivity (Wildman–Crippen MR) is 104 cm³/mol. The van der Waals surface area contributed by atoms with Gasteiger partial charge in [-0.15, -0.1) is 0 Å². The first-order chi connectivity index (χ1) is 13.5. The number of carbonyl (C=O) groups excluding carboxylic acids is 1. The van der Waals surface area contributed by atoms with E-state index in [1.807, 2.05) is 42.3 Å². The van der Waals surface area contributed by atoms with Crippen molar-refractivity contribution in [2.24, 2.45) is 4.99 Å². The number of halogens is 2. The molecule has 0 aromatic heterocycles. The van der Waals surface area contributed by atoms with Gasteiger partial charge in [0, 0.05) is 27.2 Å². The second-order valence-corrected chi connectivity index (χ2v) is 6.04. The molecule has 1 amide bonds. The van der Waals surface area contributed by atoms with E-state index in [-0.39, 0.29) is 18.2 Å². The Bertz CT molecular complexity index is 768. The largest absolute Gasteiger partial charge is 0.435 e. The number of carbonyl (C=O) groups is 1. The Morgan fingerprint density at radius 2 is 1.75 bits per heavy atom. The SMILES string of the molecule is CN=C(NCC(=O)NCc1ccccc1)N(C)Cc1ccc(OC(F)F)cc1. The van der Waals surface area contributed by atoms with Gasteiger partial charge in [0.05, 0.1) is 6.54 Å². The van der Waals surface area contributed by atoms with E-state index in [1.165, 1.54) is 12.1 Å². The molecule has 8 heteroatoms. The molecule has 0 radical (unpaired) electrons. The van der Waals surface area contributed by atoms with E-state index in [1.54, 1.807) is 19.2 Å². The number of rotatable bonds is 8. The Morgan fingerprint density at radius 1 is 1.07 bits per heavy atom. The lowest BCUT2D eigenvalue weighted by Gasteiger charge is -2.22. The minimum absolute atomic E-state index is 0.0883. The number of hydrogen-bond acceptors (Lipinski definition) is 3. The van der Waals surface area contributed by atoms with E-state index in [2.05, 4.69) is 20.4 Å². The molecule has 0 bridgehead atoms. The van der Waals surface area contributed by atoms with Crippen molar-refractivity contribution in [3.63, 3.8) is 0 Å². The van der Waals surface area contributed by atoms with Crippen molar-refractivity contribution in [2.45, 2.75) is 19.7 Å². The highest BCUT2D eigenvalue weighted by Crippen LogP contribution is 2.15. The fourth-order valence-corrected chi connectivity index (χ4v) is 2.53. The molecule has 6 nitrogen and oxygen atoms in total. The highest BCUT2D eigenvalue weighted by Gasteiger charge is 2.10. The number of alkyl halides is 2. The summed E-state index contributed by atoms with van der Waals surface area (Å²) < 4.78 is 28.7. The number of ether oxygens (including phenoxy) is 1. The lowest BCUT2D eigenvalue weighted by atomic mass is 10.2. The summed E-state index contributed by atoms with van der Waals surface area (Å²) >= 11 is 0. The minimum atomic E-state index is -2.84. The smallest absolute Gasteiger partial charge is 0.387 e. The van der Waals surface area contributed by atoms with Gasteiger partial charge in [0.15, 0.2) is 5.96 Å². The molecule has 0 heterocycles. The first-order valence-electron chi connectivity index (χ1n) is 8.74. The summed E-state index contributed by atoms with van der Waals surface area (Å²) in [5.41, 5.74) is 1.91. The summed E-state index contributed by atoms with van der Waals surface area (Å²) in [5.74, 6) is 0.508. The number of guanidine groups is 1. The van der Waals surface area contributed by atoms with Crippen molar-refractivity contribution in [3.05, 3.63) is 65.7 Å². The van der Waals surface area contributed by atoms with Crippen LogP contribution >= 0.6 is 0 Å². The van der Waals surface area contributed by atoms with Crippen molar-refractivity contribution >= 4 is 11.9 Å².